The molecular formula is C24H15BNO. The fraction of sp³-hybridized carbons (Fsp3) is 0. The Balaban J connectivity index is 1.73. The van der Waals surface area contributed by atoms with Crippen molar-refractivity contribution >= 4 is 51.0 Å². The summed E-state index contributed by atoms with van der Waals surface area (Å²) >= 11 is 0. The van der Waals surface area contributed by atoms with E-state index < -0.39 is 0 Å². The van der Waals surface area contributed by atoms with Crippen molar-refractivity contribution in [1.29, 1.82) is 0 Å². The van der Waals surface area contributed by atoms with E-state index in [2.05, 4.69) is 77.2 Å². The molecule has 125 valence electrons. The summed E-state index contributed by atoms with van der Waals surface area (Å²) in [6, 6.07) is 29.9. The second-order valence-corrected chi connectivity index (χ2v) is 7.04. The molecule has 0 aliphatic carbocycles. The Morgan fingerprint density at radius 2 is 1.26 bits per heavy atom. The van der Waals surface area contributed by atoms with Crippen LogP contribution in [0.2, 0.25) is 0 Å². The normalized spacial score (nSPS) is 11.9. The van der Waals surface area contributed by atoms with Crippen LogP contribution in [0.5, 0.6) is 0 Å². The molecule has 0 fully saturated rings. The molecule has 3 heteroatoms. The van der Waals surface area contributed by atoms with Crippen molar-refractivity contribution in [3.63, 3.8) is 0 Å². The Morgan fingerprint density at radius 3 is 2.04 bits per heavy atom. The molecule has 0 amide bonds. The highest BCUT2D eigenvalue weighted by Gasteiger charge is 2.16. The zero-order valence-corrected chi connectivity index (χ0v) is 14.6. The van der Waals surface area contributed by atoms with Gasteiger partial charge in [0.2, 0.25) is 0 Å². The lowest BCUT2D eigenvalue weighted by Gasteiger charge is -2.04. The van der Waals surface area contributed by atoms with Crippen LogP contribution in [0.15, 0.2) is 84.9 Å². The van der Waals surface area contributed by atoms with Gasteiger partial charge in [0.25, 0.3) is 0 Å². The van der Waals surface area contributed by atoms with E-state index in [9.17, 15) is 0 Å². The summed E-state index contributed by atoms with van der Waals surface area (Å²) < 4.78 is 2.40. The smallest absolute Gasteiger partial charge is 0.326 e. The SMILES string of the molecule is O[B]c1ccc(-c2ccc3c4cccc5c6ccccc6n(c3c2)c54)cc1. The average Bonchev–Trinajstić information content (AvgIpc) is 3.25. The van der Waals surface area contributed by atoms with E-state index in [-0.39, 0.29) is 0 Å². The van der Waals surface area contributed by atoms with Crippen LogP contribution in [-0.4, -0.2) is 16.9 Å². The summed E-state index contributed by atoms with van der Waals surface area (Å²) in [6.07, 6.45) is 0. The van der Waals surface area contributed by atoms with Crippen molar-refractivity contribution in [2.24, 2.45) is 0 Å². The Bertz CT molecular complexity index is 1450. The number of fused-ring (bicyclic) bond motifs is 6. The number of para-hydroxylation sites is 2. The summed E-state index contributed by atoms with van der Waals surface area (Å²) in [6.45, 7) is 0. The number of benzene rings is 4. The molecule has 0 bridgehead atoms. The maximum absolute atomic E-state index is 9.16. The van der Waals surface area contributed by atoms with Gasteiger partial charge in [-0.15, -0.1) is 0 Å². The minimum absolute atomic E-state index is 0.811. The summed E-state index contributed by atoms with van der Waals surface area (Å²) in [5, 5.41) is 14.4. The Hall–Kier alpha value is -3.30. The molecule has 0 saturated heterocycles. The van der Waals surface area contributed by atoms with Crippen molar-refractivity contribution in [1.82, 2.24) is 4.40 Å². The first kappa shape index (κ1) is 14.8. The monoisotopic (exact) mass is 344 g/mol. The van der Waals surface area contributed by atoms with Crippen LogP contribution in [0.4, 0.5) is 0 Å². The van der Waals surface area contributed by atoms with Crippen molar-refractivity contribution < 1.29 is 5.02 Å². The molecule has 0 spiro atoms. The van der Waals surface area contributed by atoms with Crippen molar-refractivity contribution in [3.8, 4) is 11.1 Å². The van der Waals surface area contributed by atoms with Gasteiger partial charge in [-0.25, -0.2) is 0 Å². The van der Waals surface area contributed by atoms with Gasteiger partial charge in [0.1, 0.15) is 0 Å². The molecular weight excluding hydrogens is 329 g/mol. The first-order chi connectivity index (χ1) is 13.3. The third-order valence-corrected chi connectivity index (χ3v) is 5.62. The zero-order chi connectivity index (χ0) is 18.0. The predicted molar refractivity (Wildman–Crippen MR) is 114 cm³/mol. The van der Waals surface area contributed by atoms with E-state index in [4.69, 9.17) is 5.02 Å². The van der Waals surface area contributed by atoms with Crippen LogP contribution in [-0.2, 0) is 0 Å². The van der Waals surface area contributed by atoms with Gasteiger partial charge < -0.3 is 9.42 Å². The molecule has 6 rings (SSSR count). The van der Waals surface area contributed by atoms with E-state index in [0.717, 1.165) is 18.5 Å². The Kier molecular flexibility index (Phi) is 2.94. The van der Waals surface area contributed by atoms with Gasteiger partial charge in [-0.3, -0.25) is 0 Å². The number of aromatic nitrogens is 1. The Morgan fingerprint density at radius 1 is 0.593 bits per heavy atom. The molecule has 0 aliphatic heterocycles. The van der Waals surface area contributed by atoms with Gasteiger partial charge in [-0.1, -0.05) is 78.3 Å². The van der Waals surface area contributed by atoms with Crippen LogP contribution < -0.4 is 5.46 Å². The Labute approximate surface area is 156 Å². The molecule has 2 aromatic heterocycles. The van der Waals surface area contributed by atoms with Crippen LogP contribution in [0, 0.1) is 0 Å². The van der Waals surface area contributed by atoms with Crippen LogP contribution in [0.3, 0.4) is 0 Å². The molecule has 0 atom stereocenters. The molecule has 6 aromatic rings. The molecule has 0 unspecified atom stereocenters. The number of rotatable bonds is 2. The highest BCUT2D eigenvalue weighted by Crippen LogP contribution is 2.39. The third kappa shape index (κ3) is 1.95. The highest BCUT2D eigenvalue weighted by atomic mass is 16.2. The standard InChI is InChI=1S/C24H15BNO/c27-25-17-11-8-15(9-12-17)16-10-13-19-21-6-3-5-20-18-4-1-2-7-22(18)26(24(20)21)23(19)14-16/h1-14,27H. The van der Waals surface area contributed by atoms with Gasteiger partial charge in [-0.2, -0.15) is 0 Å². The van der Waals surface area contributed by atoms with Crippen LogP contribution >= 0.6 is 0 Å². The molecule has 1 radical (unpaired) electrons. The summed E-state index contributed by atoms with van der Waals surface area (Å²) in [4.78, 5) is 0. The van der Waals surface area contributed by atoms with Gasteiger partial charge in [-0.05, 0) is 23.3 Å². The molecule has 27 heavy (non-hydrogen) atoms. The maximum Gasteiger partial charge on any atom is 0.326 e. The van der Waals surface area contributed by atoms with E-state index in [1.54, 1.807) is 0 Å². The number of hydrogen-bond acceptors (Lipinski definition) is 1. The zero-order valence-electron chi connectivity index (χ0n) is 14.6. The second-order valence-electron chi connectivity index (χ2n) is 7.04. The van der Waals surface area contributed by atoms with E-state index in [1.165, 1.54) is 43.7 Å². The summed E-state index contributed by atoms with van der Waals surface area (Å²) in [7, 11) is 1.13. The van der Waals surface area contributed by atoms with Gasteiger partial charge >= 0.3 is 7.48 Å². The molecule has 2 heterocycles. The topological polar surface area (TPSA) is 24.6 Å². The predicted octanol–water partition coefficient (Wildman–Crippen LogP) is 4.74. The minimum atomic E-state index is 0.811. The van der Waals surface area contributed by atoms with Gasteiger partial charge in [0.05, 0.1) is 16.6 Å². The molecule has 0 saturated carbocycles. The van der Waals surface area contributed by atoms with Crippen LogP contribution in [0.1, 0.15) is 0 Å². The lowest BCUT2D eigenvalue weighted by molar-refractivity contribution is 0.615. The van der Waals surface area contributed by atoms with Gasteiger partial charge in [0.15, 0.2) is 0 Å². The van der Waals surface area contributed by atoms with Crippen molar-refractivity contribution in [2.45, 2.75) is 0 Å². The van der Waals surface area contributed by atoms with E-state index in [0.29, 0.717) is 0 Å². The van der Waals surface area contributed by atoms with E-state index >= 15 is 0 Å². The second kappa shape index (κ2) is 5.35. The first-order valence-corrected chi connectivity index (χ1v) is 9.10. The fourth-order valence-corrected chi connectivity index (χ4v) is 4.37. The lowest BCUT2D eigenvalue weighted by atomic mass is 9.87. The number of hydrogen-bond donors (Lipinski definition) is 1. The lowest BCUT2D eigenvalue weighted by Crippen LogP contribution is -2.11. The summed E-state index contributed by atoms with van der Waals surface area (Å²) in [5.74, 6) is 0. The quantitative estimate of drug-likeness (QED) is 0.451. The minimum Gasteiger partial charge on any atom is -0.450 e. The van der Waals surface area contributed by atoms with E-state index in [1.807, 2.05) is 12.1 Å². The maximum atomic E-state index is 9.16. The van der Waals surface area contributed by atoms with Crippen molar-refractivity contribution in [2.75, 3.05) is 0 Å². The third-order valence-electron chi connectivity index (χ3n) is 5.62. The average molecular weight is 344 g/mol. The summed E-state index contributed by atoms with van der Waals surface area (Å²) in [5.41, 5.74) is 6.92. The molecule has 1 N–H and O–H groups in total. The van der Waals surface area contributed by atoms with Crippen molar-refractivity contribution in [3.05, 3.63) is 84.9 Å². The first-order valence-electron chi connectivity index (χ1n) is 9.10. The largest absolute Gasteiger partial charge is 0.450 e. The fourth-order valence-electron chi connectivity index (χ4n) is 4.37. The molecule has 2 nitrogen and oxygen atoms in total. The van der Waals surface area contributed by atoms with Gasteiger partial charge in [0, 0.05) is 21.5 Å². The highest BCUT2D eigenvalue weighted by molar-refractivity contribution is 6.45. The molecule has 4 aromatic carbocycles. The number of nitrogens with zero attached hydrogens (tertiary/aromatic N) is 1. The molecule has 0 aliphatic rings. The van der Waals surface area contributed by atoms with Crippen LogP contribution in [0.25, 0.3) is 49.2 Å².